The molecular weight excluding hydrogens is 236 g/mol. The van der Waals surface area contributed by atoms with Gasteiger partial charge in [0, 0.05) is 19.8 Å². The Labute approximate surface area is 102 Å². The zero-order valence-electron chi connectivity index (χ0n) is 11.2. The molecule has 0 bridgehead atoms. The Kier molecular flexibility index (Phi) is 5.66. The van der Waals surface area contributed by atoms with Crippen LogP contribution in [0, 0.1) is 0 Å². The fourth-order valence-electron chi connectivity index (χ4n) is 2.51. The van der Waals surface area contributed by atoms with Crippen molar-refractivity contribution in [3.63, 3.8) is 0 Å². The van der Waals surface area contributed by atoms with Crippen LogP contribution in [0.1, 0.15) is 20.8 Å². The van der Waals surface area contributed by atoms with Gasteiger partial charge < -0.3 is 13.3 Å². The zero-order chi connectivity index (χ0) is 12.1. The summed E-state index contributed by atoms with van der Waals surface area (Å²) < 4.78 is 17.9. The lowest BCUT2D eigenvalue weighted by Crippen LogP contribution is -2.51. The van der Waals surface area contributed by atoms with E-state index < -0.39 is 16.9 Å². The summed E-state index contributed by atoms with van der Waals surface area (Å²) in [7, 11) is -3.25. The van der Waals surface area contributed by atoms with Crippen LogP contribution in [-0.2, 0) is 13.3 Å². The molecule has 1 rings (SSSR count). The van der Waals surface area contributed by atoms with Gasteiger partial charge in [-0.15, -0.1) is 0 Å². The smallest absolute Gasteiger partial charge is 0.337 e. The van der Waals surface area contributed by atoms with Gasteiger partial charge >= 0.3 is 8.56 Å². The van der Waals surface area contributed by atoms with Crippen LogP contribution in [0.25, 0.3) is 0 Å². The van der Waals surface area contributed by atoms with E-state index in [0.29, 0.717) is 0 Å². The SMILES string of the molecule is CCO[Si]1(C)CC[Si](OCC)(OCC)CC1. The quantitative estimate of drug-likeness (QED) is 0.688. The molecule has 0 unspecified atom stereocenters. The molecule has 0 aliphatic carbocycles. The van der Waals surface area contributed by atoms with Crippen molar-refractivity contribution in [2.45, 2.75) is 51.5 Å². The van der Waals surface area contributed by atoms with E-state index >= 15 is 0 Å². The van der Waals surface area contributed by atoms with E-state index in [1.807, 2.05) is 0 Å². The molecule has 0 spiro atoms. The summed E-state index contributed by atoms with van der Waals surface area (Å²) in [5, 5.41) is 0. The lowest BCUT2D eigenvalue weighted by atomic mass is 10.9. The standard InChI is InChI=1S/C11H26O3Si2/c1-5-12-15(4)8-10-16(11-9-15,13-6-2)14-7-3/h5-11H2,1-4H3. The fraction of sp³-hybridized carbons (Fsp3) is 1.00. The molecule has 1 heterocycles. The second-order valence-electron chi connectivity index (χ2n) is 4.66. The minimum atomic E-state index is -1.85. The van der Waals surface area contributed by atoms with Gasteiger partial charge in [-0.25, -0.2) is 0 Å². The molecule has 1 saturated heterocycles. The molecule has 0 radical (unpaired) electrons. The van der Waals surface area contributed by atoms with Crippen LogP contribution in [0.2, 0.25) is 30.7 Å². The Morgan fingerprint density at radius 3 is 1.56 bits per heavy atom. The minimum Gasteiger partial charge on any atom is -0.417 e. The molecule has 1 aliphatic heterocycles. The van der Waals surface area contributed by atoms with Gasteiger partial charge in [0.05, 0.1) is 0 Å². The van der Waals surface area contributed by atoms with Crippen molar-refractivity contribution in [2.24, 2.45) is 0 Å². The third-order valence-corrected chi connectivity index (χ3v) is 11.6. The van der Waals surface area contributed by atoms with Gasteiger partial charge in [0.15, 0.2) is 8.32 Å². The highest BCUT2D eigenvalue weighted by Gasteiger charge is 2.47. The molecular formula is C11H26O3Si2. The van der Waals surface area contributed by atoms with Crippen LogP contribution in [0.3, 0.4) is 0 Å². The summed E-state index contributed by atoms with van der Waals surface area (Å²) in [6.07, 6.45) is 0. The van der Waals surface area contributed by atoms with Crippen molar-refractivity contribution in [1.82, 2.24) is 0 Å². The van der Waals surface area contributed by atoms with Crippen LogP contribution < -0.4 is 0 Å². The van der Waals surface area contributed by atoms with Crippen LogP contribution in [-0.4, -0.2) is 36.7 Å². The first-order chi connectivity index (χ1) is 7.60. The molecule has 1 aliphatic rings. The molecule has 5 heteroatoms. The fourth-order valence-corrected chi connectivity index (χ4v) is 13.0. The maximum atomic E-state index is 5.97. The number of rotatable bonds is 6. The highest BCUT2D eigenvalue weighted by atomic mass is 28.4. The Hall–Kier alpha value is 0.314. The van der Waals surface area contributed by atoms with E-state index in [-0.39, 0.29) is 0 Å². The van der Waals surface area contributed by atoms with E-state index in [2.05, 4.69) is 27.3 Å². The number of hydrogen-bond donors (Lipinski definition) is 0. The van der Waals surface area contributed by atoms with E-state index in [1.165, 1.54) is 12.1 Å². The van der Waals surface area contributed by atoms with Crippen LogP contribution in [0.15, 0.2) is 0 Å². The largest absolute Gasteiger partial charge is 0.417 e. The summed E-state index contributed by atoms with van der Waals surface area (Å²) in [6, 6.07) is 4.70. The van der Waals surface area contributed by atoms with Crippen molar-refractivity contribution in [1.29, 1.82) is 0 Å². The lowest BCUT2D eigenvalue weighted by Gasteiger charge is -2.40. The second kappa shape index (κ2) is 6.30. The van der Waals surface area contributed by atoms with Crippen LogP contribution >= 0.6 is 0 Å². The summed E-state index contributed by atoms with van der Waals surface area (Å²) in [5.41, 5.74) is 0. The first-order valence-electron chi connectivity index (χ1n) is 6.51. The summed E-state index contributed by atoms with van der Waals surface area (Å²) >= 11 is 0. The molecule has 0 amide bonds. The zero-order valence-corrected chi connectivity index (χ0v) is 13.2. The van der Waals surface area contributed by atoms with E-state index in [0.717, 1.165) is 31.9 Å². The molecule has 0 aromatic carbocycles. The van der Waals surface area contributed by atoms with Crippen LogP contribution in [0.4, 0.5) is 0 Å². The third-order valence-electron chi connectivity index (χ3n) is 3.38. The summed E-state index contributed by atoms with van der Waals surface area (Å²) in [4.78, 5) is 0. The van der Waals surface area contributed by atoms with Crippen molar-refractivity contribution in [2.75, 3.05) is 19.8 Å². The molecule has 0 aromatic heterocycles. The van der Waals surface area contributed by atoms with Crippen molar-refractivity contribution in [3.8, 4) is 0 Å². The molecule has 0 N–H and O–H groups in total. The molecule has 1 fully saturated rings. The average Bonchev–Trinajstić information content (AvgIpc) is 2.24. The van der Waals surface area contributed by atoms with Crippen LogP contribution in [0.5, 0.6) is 0 Å². The van der Waals surface area contributed by atoms with Crippen molar-refractivity contribution in [3.05, 3.63) is 0 Å². The average molecular weight is 262 g/mol. The van der Waals surface area contributed by atoms with Gasteiger partial charge in [0.25, 0.3) is 0 Å². The highest BCUT2D eigenvalue weighted by molar-refractivity contribution is 6.80. The first-order valence-corrected chi connectivity index (χ1v) is 11.6. The Morgan fingerprint density at radius 1 is 0.750 bits per heavy atom. The van der Waals surface area contributed by atoms with E-state index in [9.17, 15) is 0 Å². The first kappa shape index (κ1) is 14.4. The maximum Gasteiger partial charge on any atom is 0.337 e. The topological polar surface area (TPSA) is 27.7 Å². The third kappa shape index (κ3) is 3.66. The predicted molar refractivity (Wildman–Crippen MR) is 71.5 cm³/mol. The normalized spacial score (nSPS) is 23.2. The summed E-state index contributed by atoms with van der Waals surface area (Å²) in [6.45, 7) is 11.0. The highest BCUT2D eigenvalue weighted by Crippen LogP contribution is 2.37. The Morgan fingerprint density at radius 2 is 1.19 bits per heavy atom. The lowest BCUT2D eigenvalue weighted by molar-refractivity contribution is 0.181. The van der Waals surface area contributed by atoms with E-state index in [1.54, 1.807) is 0 Å². The number of hydrogen-bond acceptors (Lipinski definition) is 3. The van der Waals surface area contributed by atoms with E-state index in [4.69, 9.17) is 13.3 Å². The molecule has 3 nitrogen and oxygen atoms in total. The molecule has 16 heavy (non-hydrogen) atoms. The van der Waals surface area contributed by atoms with Crippen molar-refractivity contribution < 1.29 is 13.3 Å². The maximum absolute atomic E-state index is 5.97. The molecule has 0 aromatic rings. The second-order valence-corrected chi connectivity index (χ2v) is 12.2. The van der Waals surface area contributed by atoms with Crippen molar-refractivity contribution >= 4 is 16.9 Å². The van der Waals surface area contributed by atoms with Gasteiger partial charge in [-0.1, -0.05) is 0 Å². The van der Waals surface area contributed by atoms with Gasteiger partial charge in [0.2, 0.25) is 0 Å². The van der Waals surface area contributed by atoms with Gasteiger partial charge in [-0.05, 0) is 51.5 Å². The monoisotopic (exact) mass is 262 g/mol. The molecule has 0 atom stereocenters. The van der Waals surface area contributed by atoms with Gasteiger partial charge in [-0.3, -0.25) is 0 Å². The minimum absolute atomic E-state index is 0.791. The Bertz CT molecular complexity index is 195. The molecule has 96 valence electrons. The molecule has 0 saturated carbocycles. The predicted octanol–water partition coefficient (Wildman–Crippen LogP) is 3.13. The Balaban J connectivity index is 2.54. The van der Waals surface area contributed by atoms with Gasteiger partial charge in [-0.2, -0.15) is 0 Å². The van der Waals surface area contributed by atoms with Gasteiger partial charge in [0.1, 0.15) is 0 Å². The summed E-state index contributed by atoms with van der Waals surface area (Å²) in [5.74, 6) is 0.